The third-order valence-electron chi connectivity index (χ3n) is 11.8. The maximum Gasteiger partial charge on any atom is 0.220 e. The Morgan fingerprint density at radius 1 is 0.548 bits per heavy atom. The third kappa shape index (κ3) is 32.5. The van der Waals surface area contributed by atoms with Gasteiger partial charge in [0.2, 0.25) is 5.91 Å². The molecule has 0 radical (unpaired) electrons. The van der Waals surface area contributed by atoms with Crippen molar-refractivity contribution in [2.24, 2.45) is 0 Å². The van der Waals surface area contributed by atoms with Crippen molar-refractivity contribution in [1.82, 2.24) is 5.32 Å². The van der Waals surface area contributed by atoms with Crippen molar-refractivity contribution >= 4 is 5.91 Å². The van der Waals surface area contributed by atoms with E-state index in [-0.39, 0.29) is 12.5 Å². The van der Waals surface area contributed by atoms with Gasteiger partial charge in [0.1, 0.15) is 24.4 Å². The summed E-state index contributed by atoms with van der Waals surface area (Å²) in [6.07, 6.45) is 49.8. The molecule has 1 aliphatic heterocycles. The highest BCUT2D eigenvalue weighted by molar-refractivity contribution is 5.76. The van der Waals surface area contributed by atoms with E-state index in [9.17, 15) is 30.3 Å². The molecule has 1 amide bonds. The number of hydrogen-bond donors (Lipinski definition) is 6. The fraction of sp³-hybridized carbons (Fsp3) is 0.792. The summed E-state index contributed by atoms with van der Waals surface area (Å²) in [5, 5.41) is 54.3. The number of amides is 1. The molecule has 0 aliphatic carbocycles. The zero-order chi connectivity index (χ0) is 45.1. The van der Waals surface area contributed by atoms with Crippen LogP contribution >= 0.6 is 0 Å². The molecule has 0 bridgehead atoms. The summed E-state index contributed by atoms with van der Waals surface area (Å²) >= 11 is 0. The summed E-state index contributed by atoms with van der Waals surface area (Å²) in [5.74, 6) is -0.200. The molecule has 9 heteroatoms. The number of carbonyl (C=O) groups excluding carboxylic acids is 1. The highest BCUT2D eigenvalue weighted by Gasteiger charge is 2.44. The van der Waals surface area contributed by atoms with Crippen molar-refractivity contribution in [3.05, 3.63) is 60.8 Å². The van der Waals surface area contributed by atoms with Gasteiger partial charge in [-0.2, -0.15) is 0 Å². The fourth-order valence-corrected chi connectivity index (χ4v) is 7.71. The van der Waals surface area contributed by atoms with Crippen LogP contribution in [0, 0.1) is 0 Å². The molecule has 0 saturated carbocycles. The van der Waals surface area contributed by atoms with Gasteiger partial charge in [-0.15, -0.1) is 0 Å². The molecule has 6 N–H and O–H groups in total. The number of carbonyl (C=O) groups is 1. The van der Waals surface area contributed by atoms with Crippen LogP contribution in [0.4, 0.5) is 0 Å². The smallest absolute Gasteiger partial charge is 0.220 e. The second kappa shape index (κ2) is 42.8. The van der Waals surface area contributed by atoms with Crippen molar-refractivity contribution in [3.8, 4) is 0 Å². The number of ether oxygens (including phenoxy) is 2. The minimum absolute atomic E-state index is 0.200. The molecule has 1 rings (SSSR count). The summed E-state index contributed by atoms with van der Waals surface area (Å²) < 4.78 is 11.2. The lowest BCUT2D eigenvalue weighted by molar-refractivity contribution is -0.302. The molecular formula is C53H95NO8. The van der Waals surface area contributed by atoms with Gasteiger partial charge < -0.3 is 40.3 Å². The predicted molar refractivity (Wildman–Crippen MR) is 258 cm³/mol. The van der Waals surface area contributed by atoms with Crippen LogP contribution in [0.5, 0.6) is 0 Å². The number of hydrogen-bond acceptors (Lipinski definition) is 8. The van der Waals surface area contributed by atoms with Crippen molar-refractivity contribution < 1.29 is 39.8 Å². The molecule has 7 unspecified atom stereocenters. The van der Waals surface area contributed by atoms with Crippen molar-refractivity contribution in [1.29, 1.82) is 0 Å². The van der Waals surface area contributed by atoms with Gasteiger partial charge >= 0.3 is 0 Å². The zero-order valence-electron chi connectivity index (χ0n) is 39.6. The molecule has 1 fully saturated rings. The summed E-state index contributed by atoms with van der Waals surface area (Å²) in [7, 11) is 0. The summed E-state index contributed by atoms with van der Waals surface area (Å²) in [4.78, 5) is 13.0. The van der Waals surface area contributed by atoms with E-state index >= 15 is 0 Å². The maximum atomic E-state index is 13.0. The number of unbranched alkanes of at least 4 members (excludes halogenated alkanes) is 24. The lowest BCUT2D eigenvalue weighted by Crippen LogP contribution is -2.60. The van der Waals surface area contributed by atoms with Crippen LogP contribution in [0.15, 0.2) is 60.8 Å². The molecule has 0 aromatic heterocycles. The zero-order valence-corrected chi connectivity index (χ0v) is 39.6. The molecule has 1 saturated heterocycles. The first-order valence-electron chi connectivity index (χ1n) is 25.5. The number of rotatable bonds is 42. The van der Waals surface area contributed by atoms with E-state index in [2.05, 4.69) is 67.8 Å². The van der Waals surface area contributed by atoms with Crippen LogP contribution in [0.25, 0.3) is 0 Å². The first kappa shape index (κ1) is 57.9. The second-order valence-corrected chi connectivity index (χ2v) is 17.6. The SMILES string of the molecule is CCCCC/C=C\C/C=C\C/C=C\CCCCCCCCC(=O)NC(COC1OC(CO)C(O)C(O)C1O)C(O)/C=C/CC/C=C/CCCCCCCCCCCCCCCC. The van der Waals surface area contributed by atoms with Gasteiger partial charge in [0, 0.05) is 6.42 Å². The highest BCUT2D eigenvalue weighted by atomic mass is 16.7. The average Bonchev–Trinajstić information content (AvgIpc) is 3.27. The van der Waals surface area contributed by atoms with Crippen LogP contribution in [0.3, 0.4) is 0 Å². The van der Waals surface area contributed by atoms with E-state index in [1.807, 2.05) is 6.08 Å². The molecule has 0 aromatic carbocycles. The average molecular weight is 874 g/mol. The lowest BCUT2D eigenvalue weighted by atomic mass is 9.99. The number of allylic oxidation sites excluding steroid dienone is 9. The standard InChI is InChI=1S/C53H95NO8/c1-3-5-7-9-11-13-15-17-19-21-23-25-26-28-30-32-34-36-38-40-42-47(56)46(45-61-53-52(60)51(59)50(58)48(44-55)62-53)54-49(57)43-41-39-37-35-33-31-29-27-24-22-20-18-16-14-12-10-8-6-4-2/h12,14,18,20,24,27,32,34,40,42,46-48,50-53,55-56,58-60H,3-11,13,15-17,19,21-23,25-26,28-31,33,35-39,41,43-45H2,1-2H3,(H,54,57)/b14-12-,20-18-,27-24-,34-32+,42-40+. The van der Waals surface area contributed by atoms with Crippen LogP contribution in [-0.2, 0) is 14.3 Å². The minimum Gasteiger partial charge on any atom is -0.394 e. The van der Waals surface area contributed by atoms with E-state index in [1.54, 1.807) is 6.08 Å². The van der Waals surface area contributed by atoms with Crippen molar-refractivity contribution in [3.63, 3.8) is 0 Å². The topological polar surface area (TPSA) is 149 Å². The molecule has 9 nitrogen and oxygen atoms in total. The number of aliphatic hydroxyl groups excluding tert-OH is 5. The first-order valence-corrected chi connectivity index (χ1v) is 25.5. The Labute approximate surface area is 379 Å². The Morgan fingerprint density at radius 3 is 1.50 bits per heavy atom. The largest absolute Gasteiger partial charge is 0.394 e. The van der Waals surface area contributed by atoms with Crippen molar-refractivity contribution in [2.45, 2.75) is 256 Å². The normalized spacial score (nSPS) is 20.8. The number of nitrogens with one attached hydrogen (secondary N) is 1. The van der Waals surface area contributed by atoms with Gasteiger partial charge in [0.25, 0.3) is 0 Å². The van der Waals surface area contributed by atoms with Crippen LogP contribution < -0.4 is 5.32 Å². The van der Waals surface area contributed by atoms with E-state index < -0.39 is 49.5 Å². The molecule has 1 aliphatic rings. The molecular weight excluding hydrogens is 779 g/mol. The Morgan fingerprint density at radius 2 is 0.968 bits per heavy atom. The molecule has 360 valence electrons. The molecule has 0 spiro atoms. The van der Waals surface area contributed by atoms with Gasteiger partial charge in [-0.05, 0) is 70.6 Å². The quantitative estimate of drug-likeness (QED) is 0.0262. The minimum atomic E-state index is -1.58. The van der Waals surface area contributed by atoms with Gasteiger partial charge in [0.15, 0.2) is 6.29 Å². The monoisotopic (exact) mass is 874 g/mol. The van der Waals surface area contributed by atoms with E-state index in [4.69, 9.17) is 9.47 Å². The van der Waals surface area contributed by atoms with E-state index in [0.717, 1.165) is 64.2 Å². The summed E-state index contributed by atoms with van der Waals surface area (Å²) in [6, 6.07) is -0.831. The Kier molecular flexibility index (Phi) is 40.0. The molecule has 1 heterocycles. The van der Waals surface area contributed by atoms with Crippen molar-refractivity contribution in [2.75, 3.05) is 13.2 Å². The summed E-state index contributed by atoms with van der Waals surface area (Å²) in [6.45, 7) is 3.73. The van der Waals surface area contributed by atoms with Gasteiger partial charge in [-0.25, -0.2) is 0 Å². The van der Waals surface area contributed by atoms with E-state index in [0.29, 0.717) is 6.42 Å². The third-order valence-corrected chi connectivity index (χ3v) is 11.8. The Bertz CT molecular complexity index is 1150. The first-order chi connectivity index (χ1) is 30.3. The van der Waals surface area contributed by atoms with Gasteiger partial charge in [-0.1, -0.05) is 197 Å². The van der Waals surface area contributed by atoms with E-state index in [1.165, 1.54) is 128 Å². The van der Waals surface area contributed by atoms with Crippen LogP contribution in [0.1, 0.15) is 213 Å². The fourth-order valence-electron chi connectivity index (χ4n) is 7.71. The van der Waals surface area contributed by atoms with Gasteiger partial charge in [0.05, 0.1) is 25.4 Å². The van der Waals surface area contributed by atoms with Gasteiger partial charge in [-0.3, -0.25) is 4.79 Å². The molecule has 0 aromatic rings. The Hall–Kier alpha value is -2.11. The number of aliphatic hydroxyl groups is 5. The maximum absolute atomic E-state index is 13.0. The highest BCUT2D eigenvalue weighted by Crippen LogP contribution is 2.22. The lowest BCUT2D eigenvalue weighted by Gasteiger charge is -2.40. The molecule has 62 heavy (non-hydrogen) atoms. The predicted octanol–water partition coefficient (Wildman–Crippen LogP) is 11.6. The summed E-state index contributed by atoms with van der Waals surface area (Å²) in [5.41, 5.74) is 0. The second-order valence-electron chi connectivity index (χ2n) is 17.6. The van der Waals surface area contributed by atoms with Crippen LogP contribution in [0.2, 0.25) is 0 Å². The Balaban J connectivity index is 2.35. The molecule has 7 atom stereocenters. The van der Waals surface area contributed by atoms with Crippen LogP contribution in [-0.4, -0.2) is 87.5 Å².